The Kier molecular flexibility index (Phi) is 6.56. The van der Waals surface area contributed by atoms with E-state index in [1.165, 1.54) is 6.42 Å². The molecular formula is C19H28N2O4. The number of piperidine rings is 1. The van der Waals surface area contributed by atoms with Gasteiger partial charge in [0.1, 0.15) is 17.4 Å². The maximum Gasteiger partial charge on any atom is 0.328 e. The first-order valence-corrected chi connectivity index (χ1v) is 8.77. The second-order valence-corrected chi connectivity index (χ2v) is 7.36. The Balaban J connectivity index is 2.04. The molecule has 0 amide bonds. The number of nitrogens with two attached hydrogens (primary N) is 1. The van der Waals surface area contributed by atoms with Crippen molar-refractivity contribution in [2.75, 3.05) is 19.6 Å². The summed E-state index contributed by atoms with van der Waals surface area (Å²) in [4.78, 5) is 26.5. The molecule has 1 fully saturated rings. The van der Waals surface area contributed by atoms with Crippen molar-refractivity contribution in [3.05, 3.63) is 29.8 Å². The number of para-hydroxylation sites is 1. The number of carbonyl (C=O) groups excluding carboxylic acids is 2. The Labute approximate surface area is 149 Å². The van der Waals surface area contributed by atoms with Gasteiger partial charge < -0.3 is 15.2 Å². The van der Waals surface area contributed by atoms with Gasteiger partial charge in [0.2, 0.25) is 0 Å². The van der Waals surface area contributed by atoms with Crippen LogP contribution in [0.4, 0.5) is 0 Å². The molecule has 6 heteroatoms. The number of nitrogens with zero attached hydrogens (tertiary/aromatic N) is 1. The summed E-state index contributed by atoms with van der Waals surface area (Å²) < 4.78 is 10.8. The van der Waals surface area contributed by atoms with Crippen molar-refractivity contribution in [2.45, 2.75) is 51.7 Å². The van der Waals surface area contributed by atoms with E-state index in [1.807, 2.05) is 0 Å². The third kappa shape index (κ3) is 6.14. The molecule has 0 bridgehead atoms. The Morgan fingerprint density at radius 1 is 1.16 bits per heavy atom. The molecule has 138 valence electrons. The number of hydrogen-bond acceptors (Lipinski definition) is 6. The maximum absolute atomic E-state index is 12.2. The van der Waals surface area contributed by atoms with Gasteiger partial charge in [0, 0.05) is 5.56 Å². The molecule has 1 aromatic carbocycles. The zero-order valence-corrected chi connectivity index (χ0v) is 15.3. The lowest BCUT2D eigenvalue weighted by molar-refractivity contribution is -0.156. The van der Waals surface area contributed by atoms with Crippen molar-refractivity contribution in [3.8, 4) is 5.75 Å². The van der Waals surface area contributed by atoms with Crippen LogP contribution < -0.4 is 10.5 Å². The number of hydrogen-bond donors (Lipinski definition) is 1. The van der Waals surface area contributed by atoms with Crippen LogP contribution in [0, 0.1) is 0 Å². The van der Waals surface area contributed by atoms with Crippen molar-refractivity contribution < 1.29 is 19.1 Å². The van der Waals surface area contributed by atoms with Gasteiger partial charge in [-0.1, -0.05) is 24.6 Å². The molecule has 0 radical (unpaired) electrons. The lowest BCUT2D eigenvalue weighted by Crippen LogP contribution is -2.36. The van der Waals surface area contributed by atoms with Crippen LogP contribution in [0.2, 0.25) is 0 Å². The lowest BCUT2D eigenvalue weighted by Gasteiger charge is -2.25. The molecule has 2 N–H and O–H groups in total. The van der Waals surface area contributed by atoms with Gasteiger partial charge in [-0.15, -0.1) is 0 Å². The molecule has 1 aliphatic heterocycles. The Morgan fingerprint density at radius 2 is 1.80 bits per heavy atom. The first-order chi connectivity index (χ1) is 11.8. The number of ether oxygens (including phenoxy) is 2. The number of carbonyl (C=O) groups is 2. The minimum atomic E-state index is -1.00. The van der Waals surface area contributed by atoms with Crippen LogP contribution in [0.15, 0.2) is 24.3 Å². The van der Waals surface area contributed by atoms with Gasteiger partial charge in [-0.25, -0.2) is 4.79 Å². The summed E-state index contributed by atoms with van der Waals surface area (Å²) in [5, 5.41) is 0. The van der Waals surface area contributed by atoms with Crippen LogP contribution in [0.5, 0.6) is 5.75 Å². The van der Waals surface area contributed by atoms with Gasteiger partial charge in [0.05, 0.1) is 6.54 Å². The van der Waals surface area contributed by atoms with Crippen molar-refractivity contribution in [2.24, 2.45) is 5.73 Å². The van der Waals surface area contributed by atoms with Gasteiger partial charge >= 0.3 is 11.9 Å². The standard InChI is InChI=1S/C19H28N2O4/c1-19(2,3)25-18(23)17(20)14-9-5-6-10-15(14)24-16(22)13-21-11-7-4-8-12-21/h5-6,9-10,17H,4,7-8,11-13,20H2,1-3H3. The molecule has 1 aromatic rings. The second kappa shape index (κ2) is 8.45. The molecule has 25 heavy (non-hydrogen) atoms. The van der Waals surface area contributed by atoms with Gasteiger partial charge in [0.25, 0.3) is 0 Å². The highest BCUT2D eigenvalue weighted by molar-refractivity contribution is 5.80. The van der Waals surface area contributed by atoms with Crippen LogP contribution in [0.1, 0.15) is 51.6 Å². The Hall–Kier alpha value is -1.92. The van der Waals surface area contributed by atoms with Crippen LogP contribution in [0.3, 0.4) is 0 Å². The molecule has 6 nitrogen and oxygen atoms in total. The van der Waals surface area contributed by atoms with Gasteiger partial charge in [-0.05, 0) is 52.8 Å². The molecule has 0 aromatic heterocycles. The Morgan fingerprint density at radius 3 is 2.44 bits per heavy atom. The summed E-state index contributed by atoms with van der Waals surface area (Å²) in [7, 11) is 0. The highest BCUT2D eigenvalue weighted by Crippen LogP contribution is 2.26. The quantitative estimate of drug-likeness (QED) is 0.650. The smallest absolute Gasteiger partial charge is 0.328 e. The van der Waals surface area contributed by atoms with E-state index in [1.54, 1.807) is 45.0 Å². The van der Waals surface area contributed by atoms with E-state index >= 15 is 0 Å². The highest BCUT2D eigenvalue weighted by Gasteiger charge is 2.26. The SMILES string of the molecule is CC(C)(C)OC(=O)C(N)c1ccccc1OC(=O)CN1CCCCC1. The monoisotopic (exact) mass is 348 g/mol. The summed E-state index contributed by atoms with van der Waals surface area (Å²) >= 11 is 0. The summed E-state index contributed by atoms with van der Waals surface area (Å²) in [6.07, 6.45) is 3.42. The zero-order chi connectivity index (χ0) is 18.4. The fourth-order valence-electron chi connectivity index (χ4n) is 2.78. The maximum atomic E-state index is 12.2. The second-order valence-electron chi connectivity index (χ2n) is 7.36. The predicted molar refractivity (Wildman–Crippen MR) is 95.1 cm³/mol. The van der Waals surface area contributed by atoms with E-state index in [9.17, 15) is 9.59 Å². The lowest BCUT2D eigenvalue weighted by atomic mass is 10.1. The summed E-state index contributed by atoms with van der Waals surface area (Å²) in [5.41, 5.74) is 5.85. The first-order valence-electron chi connectivity index (χ1n) is 8.77. The molecule has 1 atom stereocenters. The largest absolute Gasteiger partial charge is 0.459 e. The molecule has 0 spiro atoms. The average molecular weight is 348 g/mol. The number of rotatable bonds is 5. The van der Waals surface area contributed by atoms with Crippen LogP contribution in [-0.2, 0) is 14.3 Å². The molecule has 2 rings (SSSR count). The predicted octanol–water partition coefficient (Wildman–Crippen LogP) is 2.42. The summed E-state index contributed by atoms with van der Waals surface area (Å²) in [6, 6.07) is 5.82. The minimum absolute atomic E-state index is 0.246. The van der Waals surface area contributed by atoms with Gasteiger partial charge in [0.15, 0.2) is 0 Å². The van der Waals surface area contributed by atoms with E-state index < -0.39 is 17.6 Å². The van der Waals surface area contributed by atoms with Crippen LogP contribution in [0.25, 0.3) is 0 Å². The van der Waals surface area contributed by atoms with E-state index in [0.29, 0.717) is 11.3 Å². The molecular weight excluding hydrogens is 320 g/mol. The number of benzene rings is 1. The average Bonchev–Trinajstić information content (AvgIpc) is 2.54. The molecule has 0 aliphatic carbocycles. The van der Waals surface area contributed by atoms with Gasteiger partial charge in [-0.2, -0.15) is 0 Å². The molecule has 1 saturated heterocycles. The zero-order valence-electron chi connectivity index (χ0n) is 15.3. The molecule has 1 unspecified atom stereocenters. The topological polar surface area (TPSA) is 81.9 Å². The van der Waals surface area contributed by atoms with Crippen LogP contribution in [-0.4, -0.2) is 42.1 Å². The third-order valence-electron chi connectivity index (χ3n) is 3.94. The molecule has 1 heterocycles. The summed E-state index contributed by atoms with van der Waals surface area (Å²) in [5.74, 6) is -0.583. The van der Waals surface area contributed by atoms with E-state index in [0.717, 1.165) is 25.9 Å². The van der Waals surface area contributed by atoms with E-state index in [-0.39, 0.29) is 12.5 Å². The number of esters is 2. The fourth-order valence-corrected chi connectivity index (χ4v) is 2.78. The van der Waals surface area contributed by atoms with Crippen molar-refractivity contribution in [1.82, 2.24) is 4.90 Å². The normalized spacial score (nSPS) is 17.0. The number of likely N-dealkylation sites (tertiary alicyclic amines) is 1. The first kappa shape index (κ1) is 19.4. The fraction of sp³-hybridized carbons (Fsp3) is 0.579. The Bertz CT molecular complexity index is 604. The molecule has 1 aliphatic rings. The van der Waals surface area contributed by atoms with Crippen LogP contribution >= 0.6 is 0 Å². The minimum Gasteiger partial charge on any atom is -0.459 e. The molecule has 0 saturated carbocycles. The highest BCUT2D eigenvalue weighted by atomic mass is 16.6. The summed E-state index contributed by atoms with van der Waals surface area (Å²) in [6.45, 7) is 7.41. The van der Waals surface area contributed by atoms with Crippen molar-refractivity contribution in [3.63, 3.8) is 0 Å². The van der Waals surface area contributed by atoms with Gasteiger partial charge in [-0.3, -0.25) is 9.69 Å². The van der Waals surface area contributed by atoms with Crippen molar-refractivity contribution in [1.29, 1.82) is 0 Å². The van der Waals surface area contributed by atoms with E-state index in [4.69, 9.17) is 15.2 Å². The van der Waals surface area contributed by atoms with Crippen molar-refractivity contribution >= 4 is 11.9 Å². The van der Waals surface area contributed by atoms with E-state index in [2.05, 4.69) is 4.90 Å². The third-order valence-corrected chi connectivity index (χ3v) is 3.94.